The average molecular weight is 257 g/mol. The number of piperidine rings is 1. The van der Waals surface area contributed by atoms with Crippen molar-refractivity contribution >= 4 is 16.6 Å². The lowest BCUT2D eigenvalue weighted by Gasteiger charge is -2.25. The minimum Gasteiger partial charge on any atom is -0.382 e. The second-order valence-electron chi connectivity index (χ2n) is 5.14. The first kappa shape index (κ1) is 12.2. The second-order valence-corrected chi connectivity index (χ2v) is 5.14. The van der Waals surface area contributed by atoms with E-state index in [1.807, 2.05) is 25.2 Å². The SMILES string of the molecule is Cn1c(=O)cc(NC2CCNCC2)c2ccccc21. The maximum Gasteiger partial charge on any atom is 0.252 e. The first-order valence-corrected chi connectivity index (χ1v) is 6.82. The zero-order valence-corrected chi connectivity index (χ0v) is 11.1. The molecule has 1 fully saturated rings. The van der Waals surface area contributed by atoms with E-state index in [0.29, 0.717) is 6.04 Å². The van der Waals surface area contributed by atoms with Crippen LogP contribution in [0.3, 0.4) is 0 Å². The molecular weight excluding hydrogens is 238 g/mol. The molecule has 3 rings (SSSR count). The largest absolute Gasteiger partial charge is 0.382 e. The number of aromatic nitrogens is 1. The summed E-state index contributed by atoms with van der Waals surface area (Å²) in [5.41, 5.74) is 1.98. The molecule has 0 saturated carbocycles. The molecule has 1 aromatic heterocycles. The zero-order valence-electron chi connectivity index (χ0n) is 11.1. The van der Waals surface area contributed by atoms with Crippen LogP contribution in [0.15, 0.2) is 35.1 Å². The smallest absolute Gasteiger partial charge is 0.252 e. The van der Waals surface area contributed by atoms with Gasteiger partial charge in [0.1, 0.15) is 0 Å². The summed E-state index contributed by atoms with van der Waals surface area (Å²) in [6.45, 7) is 2.08. The summed E-state index contributed by atoms with van der Waals surface area (Å²) < 4.78 is 1.70. The van der Waals surface area contributed by atoms with Gasteiger partial charge in [-0.05, 0) is 32.0 Å². The first-order chi connectivity index (χ1) is 9.25. The van der Waals surface area contributed by atoms with Gasteiger partial charge >= 0.3 is 0 Å². The Kier molecular flexibility index (Phi) is 3.25. The van der Waals surface area contributed by atoms with Crippen LogP contribution in [0.2, 0.25) is 0 Å². The Hall–Kier alpha value is -1.81. The molecule has 4 nitrogen and oxygen atoms in total. The highest BCUT2D eigenvalue weighted by Crippen LogP contribution is 2.22. The molecule has 0 unspecified atom stereocenters. The highest BCUT2D eigenvalue weighted by molar-refractivity contribution is 5.91. The highest BCUT2D eigenvalue weighted by atomic mass is 16.1. The Morgan fingerprint density at radius 2 is 2.00 bits per heavy atom. The number of pyridine rings is 1. The van der Waals surface area contributed by atoms with Crippen LogP contribution in [0.4, 0.5) is 5.69 Å². The van der Waals surface area contributed by atoms with E-state index >= 15 is 0 Å². The third kappa shape index (κ3) is 2.36. The van der Waals surface area contributed by atoms with Gasteiger partial charge in [-0.15, -0.1) is 0 Å². The van der Waals surface area contributed by atoms with Gasteiger partial charge in [-0.25, -0.2) is 0 Å². The molecule has 0 radical (unpaired) electrons. The van der Waals surface area contributed by atoms with E-state index in [9.17, 15) is 4.79 Å². The number of hydrogen-bond donors (Lipinski definition) is 2. The fourth-order valence-electron chi connectivity index (χ4n) is 2.72. The van der Waals surface area contributed by atoms with Crippen LogP contribution in [0.5, 0.6) is 0 Å². The van der Waals surface area contributed by atoms with Crippen LogP contribution < -0.4 is 16.2 Å². The summed E-state index contributed by atoms with van der Waals surface area (Å²) in [5, 5.41) is 8.00. The van der Waals surface area contributed by atoms with Gasteiger partial charge in [0.15, 0.2) is 0 Å². The number of fused-ring (bicyclic) bond motifs is 1. The third-order valence-corrected chi connectivity index (χ3v) is 3.85. The number of nitrogens with zero attached hydrogens (tertiary/aromatic N) is 1. The number of aryl methyl sites for hydroxylation is 1. The number of rotatable bonds is 2. The van der Waals surface area contributed by atoms with Crippen molar-refractivity contribution in [2.45, 2.75) is 18.9 Å². The molecule has 100 valence electrons. The van der Waals surface area contributed by atoms with E-state index in [1.165, 1.54) is 0 Å². The van der Waals surface area contributed by atoms with Crippen LogP contribution >= 0.6 is 0 Å². The molecule has 0 bridgehead atoms. The summed E-state index contributed by atoms with van der Waals surface area (Å²) in [6, 6.07) is 10.2. The Balaban J connectivity index is 2.03. The lowest BCUT2D eigenvalue weighted by molar-refractivity contribution is 0.479. The van der Waals surface area contributed by atoms with Gasteiger partial charge in [-0.1, -0.05) is 18.2 Å². The molecule has 1 aromatic carbocycles. The van der Waals surface area contributed by atoms with Crippen molar-refractivity contribution in [1.82, 2.24) is 9.88 Å². The molecule has 2 aromatic rings. The Bertz CT molecular complexity index is 641. The molecule has 19 heavy (non-hydrogen) atoms. The summed E-state index contributed by atoms with van der Waals surface area (Å²) in [6.07, 6.45) is 2.20. The third-order valence-electron chi connectivity index (χ3n) is 3.85. The summed E-state index contributed by atoms with van der Waals surface area (Å²) in [5.74, 6) is 0. The summed E-state index contributed by atoms with van der Waals surface area (Å²) in [7, 11) is 1.82. The Morgan fingerprint density at radius 3 is 2.79 bits per heavy atom. The maximum absolute atomic E-state index is 12.0. The number of nitrogens with one attached hydrogen (secondary N) is 2. The van der Waals surface area contributed by atoms with Crippen molar-refractivity contribution < 1.29 is 0 Å². The first-order valence-electron chi connectivity index (χ1n) is 6.82. The normalized spacial score (nSPS) is 16.7. The van der Waals surface area contributed by atoms with Crippen molar-refractivity contribution in [3.05, 3.63) is 40.7 Å². The van der Waals surface area contributed by atoms with Crippen LogP contribution in [0, 0.1) is 0 Å². The quantitative estimate of drug-likeness (QED) is 0.861. The van der Waals surface area contributed by atoms with Gasteiger partial charge < -0.3 is 15.2 Å². The van der Waals surface area contributed by atoms with E-state index in [-0.39, 0.29) is 5.56 Å². The molecule has 1 aliphatic heterocycles. The molecule has 0 atom stereocenters. The average Bonchev–Trinajstić information content (AvgIpc) is 2.46. The van der Waals surface area contributed by atoms with Gasteiger partial charge in [0.25, 0.3) is 5.56 Å². The molecule has 4 heteroatoms. The van der Waals surface area contributed by atoms with E-state index in [2.05, 4.69) is 16.7 Å². The van der Waals surface area contributed by atoms with Crippen LogP contribution in [0.25, 0.3) is 10.9 Å². The van der Waals surface area contributed by atoms with Crippen LogP contribution in [-0.4, -0.2) is 23.7 Å². The van der Waals surface area contributed by atoms with Crippen LogP contribution in [0.1, 0.15) is 12.8 Å². The summed E-state index contributed by atoms with van der Waals surface area (Å²) in [4.78, 5) is 12.0. The Labute approximate surface area is 112 Å². The number of benzene rings is 1. The molecule has 0 amide bonds. The van der Waals surface area contributed by atoms with E-state index in [4.69, 9.17) is 0 Å². The number of para-hydroxylation sites is 1. The molecule has 2 N–H and O–H groups in total. The molecule has 0 aliphatic carbocycles. The fraction of sp³-hybridized carbons (Fsp3) is 0.400. The molecular formula is C15H19N3O. The maximum atomic E-state index is 12.0. The summed E-state index contributed by atoms with van der Waals surface area (Å²) >= 11 is 0. The molecule has 1 aliphatic rings. The highest BCUT2D eigenvalue weighted by Gasteiger charge is 2.14. The molecule has 0 spiro atoms. The van der Waals surface area contributed by atoms with Crippen molar-refractivity contribution in [3.8, 4) is 0 Å². The zero-order chi connectivity index (χ0) is 13.2. The number of hydrogen-bond acceptors (Lipinski definition) is 3. The molecule has 2 heterocycles. The fourth-order valence-corrected chi connectivity index (χ4v) is 2.72. The van der Waals surface area contributed by atoms with Crippen LogP contribution in [-0.2, 0) is 7.05 Å². The lowest BCUT2D eigenvalue weighted by atomic mass is 10.1. The van der Waals surface area contributed by atoms with E-state index in [1.54, 1.807) is 10.6 Å². The van der Waals surface area contributed by atoms with E-state index < -0.39 is 0 Å². The second kappa shape index (κ2) is 5.05. The van der Waals surface area contributed by atoms with Crippen molar-refractivity contribution in [1.29, 1.82) is 0 Å². The topological polar surface area (TPSA) is 46.1 Å². The lowest BCUT2D eigenvalue weighted by Crippen LogP contribution is -2.35. The number of anilines is 1. The predicted octanol–water partition coefficient (Wildman–Crippen LogP) is 1.70. The monoisotopic (exact) mass is 257 g/mol. The molecule has 1 saturated heterocycles. The minimum atomic E-state index is 0.0372. The van der Waals surface area contributed by atoms with Crippen molar-refractivity contribution in [2.75, 3.05) is 18.4 Å². The van der Waals surface area contributed by atoms with Gasteiger partial charge in [0.05, 0.1) is 5.52 Å². The van der Waals surface area contributed by atoms with Crippen molar-refractivity contribution in [3.63, 3.8) is 0 Å². The van der Waals surface area contributed by atoms with Gasteiger partial charge in [0.2, 0.25) is 0 Å². The van der Waals surface area contributed by atoms with Crippen molar-refractivity contribution in [2.24, 2.45) is 7.05 Å². The van der Waals surface area contributed by atoms with E-state index in [0.717, 1.165) is 42.5 Å². The van der Waals surface area contributed by atoms with Gasteiger partial charge in [0, 0.05) is 30.2 Å². The predicted molar refractivity (Wildman–Crippen MR) is 78.7 cm³/mol. The van der Waals surface area contributed by atoms with Gasteiger partial charge in [-0.3, -0.25) is 4.79 Å². The minimum absolute atomic E-state index is 0.0372. The van der Waals surface area contributed by atoms with Gasteiger partial charge in [-0.2, -0.15) is 0 Å². The Morgan fingerprint density at radius 1 is 1.26 bits per heavy atom. The standard InChI is InChI=1S/C15H19N3O/c1-18-14-5-3-2-4-12(14)13(10-15(18)19)17-11-6-8-16-9-7-11/h2-5,10-11,16-17H,6-9H2,1H3.